The van der Waals surface area contributed by atoms with E-state index >= 15 is 0 Å². The Morgan fingerprint density at radius 1 is 1.41 bits per heavy atom. The number of rotatable bonds is 5. The van der Waals surface area contributed by atoms with Crippen molar-refractivity contribution in [2.75, 3.05) is 13.1 Å². The van der Waals surface area contributed by atoms with E-state index in [0.29, 0.717) is 18.3 Å². The quantitative estimate of drug-likeness (QED) is 0.562. The number of carboxylic acid groups (broad SMARTS) is 1. The Balaban J connectivity index is 1.52. The molecule has 1 fully saturated rings. The van der Waals surface area contributed by atoms with Crippen LogP contribution in [0.5, 0.6) is 11.5 Å². The molecular formula is C14H15BN4O7S. The molecule has 1 saturated heterocycles. The smallest absolute Gasteiger partial charge is 0.522 e. The number of nitrogens with zero attached hydrogens (tertiary/aromatic N) is 3. The lowest BCUT2D eigenvalue weighted by atomic mass is 9.78. The van der Waals surface area contributed by atoms with Crippen LogP contribution in [-0.2, 0) is 16.4 Å². The summed E-state index contributed by atoms with van der Waals surface area (Å²) < 4.78 is 36.7. The molecule has 2 aliphatic heterocycles. The van der Waals surface area contributed by atoms with E-state index in [1.165, 1.54) is 6.07 Å². The lowest BCUT2D eigenvalue weighted by Gasteiger charge is -2.37. The number of sulfonamides is 1. The van der Waals surface area contributed by atoms with Crippen LogP contribution in [-0.4, -0.2) is 70.3 Å². The van der Waals surface area contributed by atoms with Crippen LogP contribution in [0.2, 0.25) is 6.32 Å². The molecule has 1 aromatic heterocycles. The predicted octanol–water partition coefficient (Wildman–Crippen LogP) is -0.630. The highest BCUT2D eigenvalue weighted by molar-refractivity contribution is 7.89. The predicted molar refractivity (Wildman–Crippen MR) is 90.1 cm³/mol. The summed E-state index contributed by atoms with van der Waals surface area (Å²) in [6, 6.07) is 3.21. The summed E-state index contributed by atoms with van der Waals surface area (Å²) in [6.07, 6.45) is 1.45. The van der Waals surface area contributed by atoms with E-state index < -0.39 is 29.2 Å². The van der Waals surface area contributed by atoms with Gasteiger partial charge in [0.05, 0.1) is 13.1 Å². The molecule has 0 radical (unpaired) electrons. The first-order valence-electron chi connectivity index (χ1n) is 8.12. The summed E-state index contributed by atoms with van der Waals surface area (Å²) in [5.41, 5.74) is 0.496. The average molecular weight is 394 g/mol. The summed E-state index contributed by atoms with van der Waals surface area (Å²) in [5, 5.41) is 24.8. The highest BCUT2D eigenvalue weighted by Crippen LogP contribution is 2.37. The van der Waals surface area contributed by atoms with E-state index in [1.807, 2.05) is 0 Å². The zero-order valence-electron chi connectivity index (χ0n) is 13.9. The maximum Gasteiger partial charge on any atom is 0.522 e. The monoisotopic (exact) mass is 394 g/mol. The molecule has 11 nitrogen and oxygen atoms in total. The second-order valence-electron chi connectivity index (χ2n) is 6.20. The summed E-state index contributed by atoms with van der Waals surface area (Å²) >= 11 is 0. The van der Waals surface area contributed by atoms with Gasteiger partial charge in [0, 0.05) is 0 Å². The highest BCUT2D eigenvalue weighted by atomic mass is 32.2. The van der Waals surface area contributed by atoms with E-state index in [1.54, 1.807) is 6.07 Å². The number of hydrogen-bond acceptors (Lipinski definition) is 8. The second kappa shape index (κ2) is 6.51. The van der Waals surface area contributed by atoms with Crippen molar-refractivity contribution in [1.82, 2.24) is 19.5 Å². The molecule has 3 heterocycles. The van der Waals surface area contributed by atoms with E-state index in [0.717, 1.165) is 10.6 Å². The number of nitrogens with one attached hydrogen (secondary N) is 1. The molecule has 142 valence electrons. The molecule has 0 saturated carbocycles. The molecule has 0 bridgehead atoms. The topological polar surface area (TPSA) is 155 Å². The maximum absolute atomic E-state index is 12.3. The second-order valence-corrected chi connectivity index (χ2v) is 8.05. The van der Waals surface area contributed by atoms with Crippen LogP contribution < -0.4 is 9.39 Å². The number of aromatic carboxylic acids is 1. The van der Waals surface area contributed by atoms with Crippen LogP contribution in [0, 0.1) is 0 Å². The van der Waals surface area contributed by atoms with Gasteiger partial charge >= 0.3 is 13.1 Å². The van der Waals surface area contributed by atoms with Crippen molar-refractivity contribution in [2.24, 2.45) is 0 Å². The van der Waals surface area contributed by atoms with Gasteiger partial charge in [0.15, 0.2) is 0 Å². The fraction of sp³-hybridized carbons (Fsp3) is 0.357. The molecule has 2 aliphatic rings. The Morgan fingerprint density at radius 2 is 2.19 bits per heavy atom. The number of aryl methyl sites for hydroxylation is 1. The fourth-order valence-corrected chi connectivity index (χ4v) is 4.32. The maximum atomic E-state index is 12.3. The summed E-state index contributed by atoms with van der Waals surface area (Å²) in [5.74, 6) is -1.09. The third-order valence-corrected chi connectivity index (χ3v) is 6.08. The molecule has 0 aliphatic carbocycles. The highest BCUT2D eigenvalue weighted by Gasteiger charge is 2.40. The molecule has 0 amide bonds. The van der Waals surface area contributed by atoms with Crippen LogP contribution >= 0.6 is 0 Å². The van der Waals surface area contributed by atoms with Crippen LogP contribution in [0.1, 0.15) is 15.9 Å². The first-order valence-corrected chi connectivity index (χ1v) is 9.56. The number of aromatic nitrogens is 3. The first-order chi connectivity index (χ1) is 12.9. The van der Waals surface area contributed by atoms with Gasteiger partial charge in [-0.1, -0.05) is 6.07 Å². The Labute approximate surface area is 154 Å². The van der Waals surface area contributed by atoms with Crippen LogP contribution in [0.3, 0.4) is 0 Å². The molecule has 1 aromatic carbocycles. The minimum atomic E-state index is -3.78. The lowest BCUT2D eigenvalue weighted by molar-refractivity contribution is 0.0631. The standard InChI is InChI=1S/C14H15BN4O7S/c20-13(21)11-10(2-1-8-3-4-15(22)26-12(8)11)25-9-5-19(6-9)27(23,24)14-16-7-17-18-14/h1-2,7,9,22H,3-6H2,(H,20,21)(H,16,17,18). The largest absolute Gasteiger partial charge is 0.535 e. The Kier molecular flexibility index (Phi) is 4.28. The summed E-state index contributed by atoms with van der Waals surface area (Å²) in [4.78, 5) is 15.3. The molecule has 0 spiro atoms. The minimum absolute atomic E-state index is 0.0443. The average Bonchev–Trinajstić information content (AvgIpc) is 3.12. The van der Waals surface area contributed by atoms with Crippen molar-refractivity contribution in [1.29, 1.82) is 0 Å². The van der Waals surface area contributed by atoms with E-state index in [4.69, 9.17) is 9.39 Å². The molecule has 0 atom stereocenters. The van der Waals surface area contributed by atoms with Gasteiger partial charge in [-0.25, -0.2) is 23.3 Å². The molecular weight excluding hydrogens is 379 g/mol. The van der Waals surface area contributed by atoms with Crippen molar-refractivity contribution in [3.63, 3.8) is 0 Å². The van der Waals surface area contributed by atoms with Gasteiger partial charge in [0.2, 0.25) is 0 Å². The molecule has 13 heteroatoms. The number of carbonyl (C=O) groups is 1. The first kappa shape index (κ1) is 17.8. The van der Waals surface area contributed by atoms with Crippen molar-refractivity contribution in [3.05, 3.63) is 29.6 Å². The summed E-state index contributed by atoms with van der Waals surface area (Å²) in [7, 11) is -4.85. The SMILES string of the molecule is O=C(O)c1c(OC2CN(S(=O)(=O)c3ncn[nH]3)C2)ccc2c1OB(O)CC2. The summed E-state index contributed by atoms with van der Waals surface area (Å²) in [6.45, 7) is 0.0886. The number of hydrogen-bond donors (Lipinski definition) is 3. The molecule has 27 heavy (non-hydrogen) atoms. The molecule has 3 N–H and O–H groups in total. The van der Waals surface area contributed by atoms with E-state index in [-0.39, 0.29) is 35.3 Å². The van der Waals surface area contributed by atoms with Gasteiger partial charge in [-0.05, 0) is 24.4 Å². The van der Waals surface area contributed by atoms with Crippen LogP contribution in [0.25, 0.3) is 0 Å². The third-order valence-electron chi connectivity index (χ3n) is 4.41. The number of H-pyrrole nitrogens is 1. The van der Waals surface area contributed by atoms with E-state index in [2.05, 4.69) is 15.2 Å². The zero-order valence-corrected chi connectivity index (χ0v) is 14.7. The van der Waals surface area contributed by atoms with Gasteiger partial charge in [-0.3, -0.25) is 0 Å². The van der Waals surface area contributed by atoms with Gasteiger partial charge in [0.1, 0.15) is 29.5 Å². The van der Waals surface area contributed by atoms with Gasteiger partial charge in [-0.15, -0.1) is 0 Å². The fourth-order valence-electron chi connectivity index (χ4n) is 3.01. The number of benzene rings is 1. The van der Waals surface area contributed by atoms with Gasteiger partial charge in [-0.2, -0.15) is 9.40 Å². The van der Waals surface area contributed by atoms with E-state index in [9.17, 15) is 23.3 Å². The Hall–Kier alpha value is -2.64. The number of ether oxygens (including phenoxy) is 1. The zero-order chi connectivity index (χ0) is 19.2. The Bertz CT molecular complexity index is 976. The van der Waals surface area contributed by atoms with Crippen molar-refractivity contribution in [2.45, 2.75) is 24.0 Å². The van der Waals surface area contributed by atoms with Crippen molar-refractivity contribution in [3.8, 4) is 11.5 Å². The Morgan fingerprint density at radius 3 is 2.85 bits per heavy atom. The van der Waals surface area contributed by atoms with Crippen LogP contribution in [0.15, 0.2) is 23.6 Å². The van der Waals surface area contributed by atoms with Crippen LogP contribution in [0.4, 0.5) is 0 Å². The molecule has 2 aromatic rings. The number of fused-ring (bicyclic) bond motifs is 1. The minimum Gasteiger partial charge on any atom is -0.535 e. The number of aromatic amines is 1. The molecule has 4 rings (SSSR count). The van der Waals surface area contributed by atoms with Gasteiger partial charge in [0.25, 0.3) is 15.2 Å². The third kappa shape index (κ3) is 3.13. The van der Waals surface area contributed by atoms with Crippen molar-refractivity contribution < 1.29 is 32.7 Å². The van der Waals surface area contributed by atoms with Gasteiger partial charge < -0.3 is 19.5 Å². The molecule has 0 unspecified atom stereocenters. The lowest BCUT2D eigenvalue weighted by Crippen LogP contribution is -2.56. The number of carboxylic acids is 1. The normalized spacial score (nSPS) is 17.7. The van der Waals surface area contributed by atoms with Crippen molar-refractivity contribution >= 4 is 23.1 Å².